The molecular weight excluding hydrogens is 140 g/mol. The largest absolute Gasteiger partial charge is 0.374 e. The van der Waals surface area contributed by atoms with Gasteiger partial charge in [-0.05, 0) is 6.92 Å². The normalized spacial score (nSPS) is 13.8. The van der Waals surface area contributed by atoms with Gasteiger partial charge in [-0.25, -0.2) is 8.42 Å². The zero-order chi connectivity index (χ0) is 7.49. The molecule has 0 unspecified atom stereocenters. The molecular formula is C4H10N2O2S. The zero-order valence-corrected chi connectivity index (χ0v) is 6.27. The van der Waals surface area contributed by atoms with Crippen LogP contribution in [-0.2, 0) is 9.84 Å². The summed E-state index contributed by atoms with van der Waals surface area (Å²) in [6.45, 7) is 2.12. The van der Waals surface area contributed by atoms with Gasteiger partial charge in [0.1, 0.15) is 0 Å². The van der Waals surface area contributed by atoms with Crippen LogP contribution in [-0.4, -0.2) is 26.4 Å². The third-order valence-corrected chi connectivity index (χ3v) is 1.58. The van der Waals surface area contributed by atoms with E-state index in [9.17, 15) is 8.42 Å². The van der Waals surface area contributed by atoms with Crippen molar-refractivity contribution in [3.63, 3.8) is 0 Å². The lowest BCUT2D eigenvalue weighted by Gasteiger charge is -1.92. The first kappa shape index (κ1) is 8.42. The molecule has 0 heterocycles. The number of hydrogen-bond donors (Lipinski definition) is 1. The summed E-state index contributed by atoms with van der Waals surface area (Å²) in [5.41, 5.74) is 5.02. The Balaban J connectivity index is 4.41. The van der Waals surface area contributed by atoms with Crippen LogP contribution in [0.2, 0.25) is 0 Å². The molecule has 0 bridgehead atoms. The molecule has 0 aromatic rings. The number of nitrogens with zero attached hydrogens (tertiary/aromatic N) is 1. The third kappa shape index (κ3) is 3.07. The first-order chi connectivity index (χ1) is 3.98. The quantitative estimate of drug-likeness (QED) is 0.399. The van der Waals surface area contributed by atoms with Gasteiger partial charge in [0.25, 0.3) is 0 Å². The highest BCUT2D eigenvalue weighted by Gasteiger charge is 2.05. The van der Waals surface area contributed by atoms with Gasteiger partial charge in [0.2, 0.25) is 15.0 Å². The van der Waals surface area contributed by atoms with Gasteiger partial charge in [0.05, 0.1) is 0 Å². The summed E-state index contributed by atoms with van der Waals surface area (Å²) in [6.07, 6.45) is 1.03. The Morgan fingerprint density at radius 3 is 2.22 bits per heavy atom. The Bertz CT molecular complexity index is 205. The molecule has 0 aliphatic heterocycles. The maximum absolute atomic E-state index is 10.5. The highest BCUT2D eigenvalue weighted by molar-refractivity contribution is 8.05. The van der Waals surface area contributed by atoms with E-state index in [0.717, 1.165) is 6.26 Å². The Kier molecular flexibility index (Phi) is 2.64. The van der Waals surface area contributed by atoms with Crippen molar-refractivity contribution in [2.75, 3.05) is 12.8 Å². The van der Waals surface area contributed by atoms with Gasteiger partial charge in [0.15, 0.2) is 0 Å². The fraction of sp³-hybridized carbons (Fsp3) is 0.750. The molecule has 9 heavy (non-hydrogen) atoms. The van der Waals surface area contributed by atoms with Crippen LogP contribution in [0.25, 0.3) is 0 Å². The molecule has 0 fully saturated rings. The van der Waals surface area contributed by atoms with E-state index in [1.54, 1.807) is 6.92 Å². The molecule has 0 aliphatic carbocycles. The van der Waals surface area contributed by atoms with Crippen molar-refractivity contribution in [3.05, 3.63) is 0 Å². The van der Waals surface area contributed by atoms with Crippen molar-refractivity contribution >= 4 is 15.0 Å². The predicted molar refractivity (Wildman–Crippen MR) is 37.0 cm³/mol. The van der Waals surface area contributed by atoms with Gasteiger partial charge >= 0.3 is 0 Å². The first-order valence-electron chi connectivity index (χ1n) is 2.48. The fourth-order valence-corrected chi connectivity index (χ4v) is 0.637. The van der Waals surface area contributed by atoms with E-state index in [2.05, 4.69) is 4.99 Å². The smallest absolute Gasteiger partial charge is 0.213 e. The second-order valence-electron chi connectivity index (χ2n) is 1.58. The molecule has 0 amide bonds. The second-order valence-corrected chi connectivity index (χ2v) is 3.55. The number of aliphatic imine (C=N–C) groups is 1. The maximum atomic E-state index is 10.5. The van der Waals surface area contributed by atoms with Crippen molar-refractivity contribution in [2.24, 2.45) is 10.7 Å². The van der Waals surface area contributed by atoms with Gasteiger partial charge in [-0.2, -0.15) is 0 Å². The lowest BCUT2D eigenvalue weighted by molar-refractivity contribution is 0.612. The molecule has 2 N–H and O–H groups in total. The molecule has 5 heteroatoms. The monoisotopic (exact) mass is 150 g/mol. The average Bonchev–Trinajstić information content (AvgIpc) is 1.64. The molecule has 0 saturated heterocycles. The van der Waals surface area contributed by atoms with E-state index in [0.29, 0.717) is 6.54 Å². The van der Waals surface area contributed by atoms with E-state index in [1.165, 1.54) is 0 Å². The molecule has 0 aliphatic rings. The van der Waals surface area contributed by atoms with E-state index in [4.69, 9.17) is 5.73 Å². The van der Waals surface area contributed by atoms with Crippen LogP contribution in [0.1, 0.15) is 6.92 Å². The Hall–Kier alpha value is -0.580. The van der Waals surface area contributed by atoms with Crippen LogP contribution in [0.5, 0.6) is 0 Å². The molecule has 0 saturated carbocycles. The number of sulfone groups is 1. The minimum absolute atomic E-state index is 0.287. The summed E-state index contributed by atoms with van der Waals surface area (Å²) in [5.74, 6) is 0. The SMILES string of the molecule is CC/N=C(\N)S(C)(=O)=O. The van der Waals surface area contributed by atoms with Crippen LogP contribution in [0, 0.1) is 0 Å². The number of rotatable bonds is 1. The average molecular weight is 150 g/mol. The molecule has 0 spiro atoms. The Labute approximate surface area is 54.7 Å². The van der Waals surface area contributed by atoms with Crippen molar-refractivity contribution in [1.29, 1.82) is 0 Å². The highest BCUT2D eigenvalue weighted by atomic mass is 32.2. The van der Waals surface area contributed by atoms with E-state index < -0.39 is 9.84 Å². The van der Waals surface area contributed by atoms with Crippen LogP contribution in [0.3, 0.4) is 0 Å². The first-order valence-corrected chi connectivity index (χ1v) is 4.37. The molecule has 4 nitrogen and oxygen atoms in total. The van der Waals surface area contributed by atoms with Gasteiger partial charge in [-0.1, -0.05) is 0 Å². The van der Waals surface area contributed by atoms with Crippen LogP contribution >= 0.6 is 0 Å². The molecule has 0 atom stereocenters. The van der Waals surface area contributed by atoms with Crippen LogP contribution in [0.15, 0.2) is 4.99 Å². The van der Waals surface area contributed by atoms with Crippen LogP contribution in [0.4, 0.5) is 0 Å². The van der Waals surface area contributed by atoms with E-state index in [1.807, 2.05) is 0 Å². The van der Waals surface area contributed by atoms with Crippen molar-refractivity contribution in [2.45, 2.75) is 6.92 Å². The summed E-state index contributed by atoms with van der Waals surface area (Å²) in [5, 5.41) is -0.287. The van der Waals surface area contributed by atoms with Crippen molar-refractivity contribution in [1.82, 2.24) is 0 Å². The van der Waals surface area contributed by atoms with E-state index >= 15 is 0 Å². The minimum atomic E-state index is -3.24. The van der Waals surface area contributed by atoms with Gasteiger partial charge in [-0.3, -0.25) is 4.99 Å². The number of amidine groups is 1. The second kappa shape index (κ2) is 2.82. The Morgan fingerprint density at radius 1 is 1.67 bits per heavy atom. The third-order valence-electron chi connectivity index (χ3n) is 0.694. The molecule has 0 aromatic carbocycles. The Morgan fingerprint density at radius 2 is 2.11 bits per heavy atom. The standard InChI is InChI=1S/C4H10N2O2S/c1-3-6-4(5)9(2,7)8/h3H2,1-2H3,(H2,5,6). The topological polar surface area (TPSA) is 72.5 Å². The lowest BCUT2D eigenvalue weighted by atomic mass is 10.8. The number of hydrogen-bond acceptors (Lipinski definition) is 3. The summed E-state index contributed by atoms with van der Waals surface area (Å²) >= 11 is 0. The highest BCUT2D eigenvalue weighted by Crippen LogP contribution is 1.81. The predicted octanol–water partition coefficient (Wildman–Crippen LogP) is -0.634. The van der Waals surface area contributed by atoms with Gasteiger partial charge in [0, 0.05) is 12.8 Å². The molecule has 0 aromatic heterocycles. The fourth-order valence-electron chi connectivity index (χ4n) is 0.273. The van der Waals surface area contributed by atoms with Crippen LogP contribution < -0.4 is 5.73 Å². The zero-order valence-electron chi connectivity index (χ0n) is 5.46. The van der Waals surface area contributed by atoms with Gasteiger partial charge < -0.3 is 5.73 Å². The van der Waals surface area contributed by atoms with Gasteiger partial charge in [-0.15, -0.1) is 0 Å². The lowest BCUT2D eigenvalue weighted by Crippen LogP contribution is -2.22. The minimum Gasteiger partial charge on any atom is -0.374 e. The van der Waals surface area contributed by atoms with E-state index in [-0.39, 0.29) is 5.17 Å². The summed E-state index contributed by atoms with van der Waals surface area (Å²) in [4.78, 5) is 3.50. The molecule has 54 valence electrons. The van der Waals surface area contributed by atoms with Crippen molar-refractivity contribution < 1.29 is 8.42 Å². The summed E-state index contributed by atoms with van der Waals surface area (Å²) in [7, 11) is -3.24. The summed E-state index contributed by atoms with van der Waals surface area (Å²) < 4.78 is 20.9. The maximum Gasteiger partial charge on any atom is 0.213 e. The van der Waals surface area contributed by atoms with Crippen molar-refractivity contribution in [3.8, 4) is 0 Å². The summed E-state index contributed by atoms with van der Waals surface area (Å²) in [6, 6.07) is 0. The molecule has 0 radical (unpaired) electrons. The number of nitrogens with two attached hydrogens (primary N) is 1. The molecule has 0 rings (SSSR count).